The van der Waals surface area contributed by atoms with Crippen molar-refractivity contribution in [2.45, 2.75) is 46.6 Å². The van der Waals surface area contributed by atoms with Crippen LogP contribution in [0.1, 0.15) is 40.9 Å². The maximum Gasteiger partial charge on any atom is 0.191 e. The largest absolute Gasteiger partial charge is 0.494 e. The van der Waals surface area contributed by atoms with Crippen LogP contribution in [-0.2, 0) is 13.0 Å². The van der Waals surface area contributed by atoms with Gasteiger partial charge in [0.25, 0.3) is 0 Å². The van der Waals surface area contributed by atoms with Gasteiger partial charge in [-0.1, -0.05) is 25.5 Å². The number of nitrogens with one attached hydrogen (secondary N) is 2. The molecule has 5 nitrogen and oxygen atoms in total. The Morgan fingerprint density at radius 1 is 1.27 bits per heavy atom. The maximum atomic E-state index is 5.77. The zero-order valence-electron chi connectivity index (χ0n) is 16.3. The molecule has 0 spiro atoms. The Bertz CT molecular complexity index is 692. The van der Waals surface area contributed by atoms with Crippen molar-refractivity contribution in [3.05, 3.63) is 45.4 Å². The van der Waals surface area contributed by atoms with Crippen LogP contribution in [0.25, 0.3) is 0 Å². The fourth-order valence-corrected chi connectivity index (χ4v) is 3.35. The predicted molar refractivity (Wildman–Crippen MR) is 110 cm³/mol. The Labute approximate surface area is 160 Å². The highest BCUT2D eigenvalue weighted by molar-refractivity contribution is 7.11. The highest BCUT2D eigenvalue weighted by atomic mass is 32.1. The van der Waals surface area contributed by atoms with Crippen LogP contribution in [0.5, 0.6) is 5.75 Å². The lowest BCUT2D eigenvalue weighted by Crippen LogP contribution is -2.37. The van der Waals surface area contributed by atoms with Crippen molar-refractivity contribution in [3.8, 4) is 5.75 Å². The number of aryl methyl sites for hydroxylation is 2. The lowest BCUT2D eigenvalue weighted by Gasteiger charge is -2.12. The summed E-state index contributed by atoms with van der Waals surface area (Å²) in [5, 5.41) is 7.86. The van der Waals surface area contributed by atoms with Gasteiger partial charge < -0.3 is 15.4 Å². The summed E-state index contributed by atoms with van der Waals surface area (Å²) in [4.78, 5) is 10.2. The molecule has 2 rings (SSSR count). The van der Waals surface area contributed by atoms with Gasteiger partial charge in [0, 0.05) is 31.4 Å². The first kappa shape index (κ1) is 20.2. The van der Waals surface area contributed by atoms with Crippen LogP contribution in [-0.4, -0.2) is 31.1 Å². The third kappa shape index (κ3) is 6.67. The van der Waals surface area contributed by atoms with Crippen LogP contribution in [0.2, 0.25) is 0 Å². The molecule has 0 fully saturated rings. The summed E-state index contributed by atoms with van der Waals surface area (Å²) in [7, 11) is 1.79. The minimum Gasteiger partial charge on any atom is -0.494 e. The number of rotatable bonds is 9. The van der Waals surface area contributed by atoms with E-state index >= 15 is 0 Å². The molecule has 0 aliphatic carbocycles. The zero-order chi connectivity index (χ0) is 18.8. The standard InChI is InChI=1S/C20H30N4OS/c1-5-6-12-25-18-9-7-8-17(13-18)14-23-20(21-4)22-11-10-19-24-15(2)16(3)26-19/h7-9,13H,5-6,10-12,14H2,1-4H3,(H2,21,22,23). The van der Waals surface area contributed by atoms with Gasteiger partial charge in [-0.2, -0.15) is 0 Å². The van der Waals surface area contributed by atoms with E-state index in [1.807, 2.05) is 12.1 Å². The second-order valence-corrected chi connectivity index (χ2v) is 7.49. The van der Waals surface area contributed by atoms with Gasteiger partial charge in [-0.15, -0.1) is 11.3 Å². The minimum atomic E-state index is 0.708. The van der Waals surface area contributed by atoms with Crippen molar-refractivity contribution >= 4 is 17.3 Å². The summed E-state index contributed by atoms with van der Waals surface area (Å²) in [6.45, 7) is 8.63. The first-order chi connectivity index (χ1) is 12.6. The molecule has 0 aliphatic heterocycles. The van der Waals surface area contributed by atoms with Gasteiger partial charge in [0.2, 0.25) is 0 Å². The lowest BCUT2D eigenvalue weighted by atomic mass is 10.2. The highest BCUT2D eigenvalue weighted by Gasteiger charge is 2.04. The van der Waals surface area contributed by atoms with Crippen LogP contribution in [0.15, 0.2) is 29.3 Å². The number of thiazole rings is 1. The van der Waals surface area contributed by atoms with E-state index in [1.165, 1.54) is 15.4 Å². The number of hydrogen-bond acceptors (Lipinski definition) is 4. The molecule has 0 bridgehead atoms. The Hall–Kier alpha value is -2.08. The van der Waals surface area contributed by atoms with Crippen LogP contribution in [0.4, 0.5) is 0 Å². The molecule has 142 valence electrons. The molecular weight excluding hydrogens is 344 g/mol. The summed E-state index contributed by atoms with van der Waals surface area (Å²) in [5.74, 6) is 1.72. The highest BCUT2D eigenvalue weighted by Crippen LogP contribution is 2.16. The van der Waals surface area contributed by atoms with E-state index in [1.54, 1.807) is 18.4 Å². The number of unbranched alkanes of at least 4 members (excludes halogenated alkanes) is 1. The van der Waals surface area contributed by atoms with Crippen LogP contribution in [0.3, 0.4) is 0 Å². The molecule has 0 radical (unpaired) electrons. The zero-order valence-corrected chi connectivity index (χ0v) is 17.1. The second-order valence-electron chi connectivity index (χ2n) is 6.20. The monoisotopic (exact) mass is 374 g/mol. The van der Waals surface area contributed by atoms with Gasteiger partial charge in [0.05, 0.1) is 17.3 Å². The first-order valence-electron chi connectivity index (χ1n) is 9.21. The van der Waals surface area contributed by atoms with Crippen molar-refractivity contribution in [2.24, 2.45) is 4.99 Å². The van der Waals surface area contributed by atoms with Gasteiger partial charge in [0.1, 0.15) is 5.75 Å². The SMILES string of the molecule is CCCCOc1cccc(CNC(=NC)NCCc2nc(C)c(C)s2)c1. The van der Waals surface area contributed by atoms with Crippen molar-refractivity contribution in [3.63, 3.8) is 0 Å². The number of benzene rings is 1. The third-order valence-electron chi connectivity index (χ3n) is 4.05. The quantitative estimate of drug-likeness (QED) is 0.398. The molecule has 1 aromatic heterocycles. The Balaban J connectivity index is 1.76. The molecule has 0 atom stereocenters. The smallest absolute Gasteiger partial charge is 0.191 e. The summed E-state index contributed by atoms with van der Waals surface area (Å²) in [6.07, 6.45) is 3.13. The molecule has 6 heteroatoms. The first-order valence-corrected chi connectivity index (χ1v) is 10.0. The number of aromatic nitrogens is 1. The van der Waals surface area contributed by atoms with Gasteiger partial charge in [-0.3, -0.25) is 4.99 Å². The molecule has 1 heterocycles. The Morgan fingerprint density at radius 3 is 2.81 bits per heavy atom. The molecule has 0 amide bonds. The van der Waals surface area contributed by atoms with Gasteiger partial charge in [0.15, 0.2) is 5.96 Å². The minimum absolute atomic E-state index is 0.708. The van der Waals surface area contributed by atoms with E-state index in [0.717, 1.165) is 49.8 Å². The van der Waals surface area contributed by atoms with E-state index < -0.39 is 0 Å². The van der Waals surface area contributed by atoms with Crippen molar-refractivity contribution in [1.29, 1.82) is 0 Å². The number of aliphatic imine (C=N–C) groups is 1. The molecule has 1 aromatic carbocycles. The average molecular weight is 375 g/mol. The fraction of sp³-hybridized carbons (Fsp3) is 0.500. The molecule has 2 N–H and O–H groups in total. The van der Waals surface area contributed by atoms with E-state index in [4.69, 9.17) is 4.74 Å². The predicted octanol–water partition coefficient (Wildman–Crippen LogP) is 3.85. The number of nitrogens with zero attached hydrogens (tertiary/aromatic N) is 2. The van der Waals surface area contributed by atoms with Gasteiger partial charge >= 0.3 is 0 Å². The summed E-state index contributed by atoms with van der Waals surface area (Å²) in [5.41, 5.74) is 2.31. The molecular formula is C20H30N4OS. The lowest BCUT2D eigenvalue weighted by molar-refractivity contribution is 0.309. The fourth-order valence-electron chi connectivity index (χ4n) is 2.42. The summed E-state index contributed by atoms with van der Waals surface area (Å²) < 4.78 is 5.77. The summed E-state index contributed by atoms with van der Waals surface area (Å²) >= 11 is 1.77. The molecule has 2 aromatic rings. The number of hydrogen-bond donors (Lipinski definition) is 2. The summed E-state index contributed by atoms with van der Waals surface area (Å²) in [6, 6.07) is 8.21. The van der Waals surface area contributed by atoms with Crippen LogP contribution >= 0.6 is 11.3 Å². The molecule has 0 saturated carbocycles. The molecule has 0 aliphatic rings. The van der Waals surface area contributed by atoms with E-state index in [2.05, 4.69) is 53.5 Å². The topological polar surface area (TPSA) is 58.5 Å². The maximum absolute atomic E-state index is 5.77. The number of ether oxygens (including phenoxy) is 1. The normalized spacial score (nSPS) is 11.5. The third-order valence-corrected chi connectivity index (χ3v) is 5.19. The second kappa shape index (κ2) is 10.8. The van der Waals surface area contributed by atoms with E-state index in [0.29, 0.717) is 6.54 Å². The van der Waals surface area contributed by atoms with Crippen LogP contribution < -0.4 is 15.4 Å². The average Bonchev–Trinajstić information content (AvgIpc) is 2.96. The molecule has 0 saturated heterocycles. The number of guanidine groups is 1. The Kier molecular flexibility index (Phi) is 8.41. The van der Waals surface area contributed by atoms with Crippen molar-refractivity contribution in [2.75, 3.05) is 20.2 Å². The van der Waals surface area contributed by atoms with Gasteiger partial charge in [-0.25, -0.2) is 4.98 Å². The Morgan fingerprint density at radius 2 is 2.12 bits per heavy atom. The van der Waals surface area contributed by atoms with Crippen molar-refractivity contribution in [1.82, 2.24) is 15.6 Å². The van der Waals surface area contributed by atoms with Crippen molar-refractivity contribution < 1.29 is 4.74 Å². The van der Waals surface area contributed by atoms with E-state index in [9.17, 15) is 0 Å². The van der Waals surface area contributed by atoms with E-state index in [-0.39, 0.29) is 0 Å². The molecule has 0 unspecified atom stereocenters. The van der Waals surface area contributed by atoms with Crippen LogP contribution in [0, 0.1) is 13.8 Å². The van der Waals surface area contributed by atoms with Gasteiger partial charge in [-0.05, 0) is 38.0 Å². The molecule has 26 heavy (non-hydrogen) atoms.